The van der Waals surface area contributed by atoms with Crippen LogP contribution in [0.5, 0.6) is 0 Å². The van der Waals surface area contributed by atoms with Gasteiger partial charge in [0.05, 0.1) is 11.3 Å². The minimum absolute atomic E-state index is 0.518. The van der Waals surface area contributed by atoms with Crippen molar-refractivity contribution in [2.75, 3.05) is 11.1 Å². The fourth-order valence-electron chi connectivity index (χ4n) is 2.25. The van der Waals surface area contributed by atoms with E-state index in [0.29, 0.717) is 17.3 Å². The van der Waals surface area contributed by atoms with Crippen molar-refractivity contribution in [3.8, 4) is 6.07 Å². The zero-order valence-electron chi connectivity index (χ0n) is 9.37. The van der Waals surface area contributed by atoms with Gasteiger partial charge in [-0.1, -0.05) is 19.3 Å². The summed E-state index contributed by atoms with van der Waals surface area (Å²) < 4.78 is 0. The number of hydrogen-bond donors (Lipinski definition) is 2. The van der Waals surface area contributed by atoms with Crippen LogP contribution >= 0.6 is 0 Å². The van der Waals surface area contributed by atoms with Crippen molar-refractivity contribution in [2.45, 2.75) is 38.1 Å². The molecule has 1 saturated carbocycles. The summed E-state index contributed by atoms with van der Waals surface area (Å²) in [6.07, 6.45) is 6.32. The quantitative estimate of drug-likeness (QED) is 0.746. The summed E-state index contributed by atoms with van der Waals surface area (Å²) in [7, 11) is 0. The highest BCUT2D eigenvalue weighted by atomic mass is 14.9. The third-order valence-electron chi connectivity index (χ3n) is 3.13. The number of rotatable bonds is 2. The second-order valence-corrected chi connectivity index (χ2v) is 4.40. The van der Waals surface area contributed by atoms with E-state index in [1.165, 1.54) is 32.1 Å². The highest BCUT2D eigenvalue weighted by Gasteiger charge is 2.14. The molecule has 2 rings (SSSR count). The molecular weight excluding hydrogens is 198 g/mol. The molecule has 1 fully saturated rings. The summed E-state index contributed by atoms with van der Waals surface area (Å²) in [5, 5.41) is 12.5. The molecule has 1 aromatic rings. The van der Waals surface area contributed by atoms with E-state index >= 15 is 0 Å². The molecule has 3 heteroatoms. The second kappa shape index (κ2) is 4.89. The van der Waals surface area contributed by atoms with Crippen molar-refractivity contribution in [3.05, 3.63) is 23.8 Å². The first kappa shape index (κ1) is 10.8. The predicted molar refractivity (Wildman–Crippen MR) is 66.1 cm³/mol. The van der Waals surface area contributed by atoms with Crippen LogP contribution in [0.2, 0.25) is 0 Å². The Labute approximate surface area is 96.3 Å². The Balaban J connectivity index is 2.11. The van der Waals surface area contributed by atoms with E-state index in [1.807, 2.05) is 12.1 Å². The first-order chi connectivity index (χ1) is 7.79. The van der Waals surface area contributed by atoms with E-state index in [2.05, 4.69) is 11.4 Å². The van der Waals surface area contributed by atoms with Gasteiger partial charge in [-0.15, -0.1) is 0 Å². The predicted octanol–water partition coefficient (Wildman–Crippen LogP) is 2.89. The van der Waals surface area contributed by atoms with Crippen LogP contribution in [0.25, 0.3) is 0 Å². The minimum Gasteiger partial charge on any atom is -0.399 e. The average Bonchev–Trinajstić information content (AvgIpc) is 2.33. The molecule has 0 bridgehead atoms. The van der Waals surface area contributed by atoms with Gasteiger partial charge in [0.15, 0.2) is 0 Å². The Hall–Kier alpha value is -1.69. The maximum Gasteiger partial charge on any atom is 0.101 e. The van der Waals surface area contributed by atoms with Gasteiger partial charge in [-0.05, 0) is 31.0 Å². The molecule has 1 aliphatic rings. The van der Waals surface area contributed by atoms with Gasteiger partial charge in [0, 0.05) is 11.7 Å². The van der Waals surface area contributed by atoms with Crippen molar-refractivity contribution >= 4 is 11.4 Å². The fourth-order valence-corrected chi connectivity index (χ4v) is 2.25. The molecule has 1 aromatic carbocycles. The van der Waals surface area contributed by atoms with E-state index in [0.717, 1.165) is 5.69 Å². The van der Waals surface area contributed by atoms with Crippen LogP contribution in [0, 0.1) is 11.3 Å². The normalized spacial score (nSPS) is 16.7. The summed E-state index contributed by atoms with van der Waals surface area (Å²) in [6, 6.07) is 8.17. The second-order valence-electron chi connectivity index (χ2n) is 4.40. The molecular formula is C13H17N3. The smallest absolute Gasteiger partial charge is 0.101 e. The van der Waals surface area contributed by atoms with E-state index in [4.69, 9.17) is 11.0 Å². The summed E-state index contributed by atoms with van der Waals surface area (Å²) >= 11 is 0. The molecule has 0 heterocycles. The number of nitrogens with two attached hydrogens (primary N) is 1. The van der Waals surface area contributed by atoms with Crippen LogP contribution < -0.4 is 11.1 Å². The summed E-state index contributed by atoms with van der Waals surface area (Å²) in [5.41, 5.74) is 7.87. The molecule has 0 unspecified atom stereocenters. The Morgan fingerprint density at radius 1 is 1.25 bits per heavy atom. The standard InChI is InChI=1S/C13H17N3/c14-9-10-8-11(15)6-7-13(10)16-12-4-2-1-3-5-12/h6-8,12,16H,1-5,15H2. The van der Waals surface area contributed by atoms with Crippen molar-refractivity contribution in [1.82, 2.24) is 0 Å². The minimum atomic E-state index is 0.518. The van der Waals surface area contributed by atoms with Crippen LogP contribution in [0.1, 0.15) is 37.7 Å². The first-order valence-corrected chi connectivity index (χ1v) is 5.86. The van der Waals surface area contributed by atoms with Crippen LogP contribution in [0.3, 0.4) is 0 Å². The molecule has 16 heavy (non-hydrogen) atoms. The fraction of sp³-hybridized carbons (Fsp3) is 0.462. The topological polar surface area (TPSA) is 61.8 Å². The SMILES string of the molecule is N#Cc1cc(N)ccc1NC1CCCCC1. The maximum atomic E-state index is 9.03. The van der Waals surface area contributed by atoms with Crippen molar-refractivity contribution in [1.29, 1.82) is 5.26 Å². The van der Waals surface area contributed by atoms with Gasteiger partial charge >= 0.3 is 0 Å². The number of benzene rings is 1. The van der Waals surface area contributed by atoms with Gasteiger partial charge in [-0.2, -0.15) is 5.26 Å². The van der Waals surface area contributed by atoms with Gasteiger partial charge in [0.2, 0.25) is 0 Å². The lowest BCUT2D eigenvalue weighted by atomic mass is 9.95. The van der Waals surface area contributed by atoms with E-state index in [1.54, 1.807) is 6.07 Å². The number of nitrogen functional groups attached to an aromatic ring is 1. The Morgan fingerprint density at radius 3 is 2.69 bits per heavy atom. The maximum absolute atomic E-state index is 9.03. The number of nitriles is 1. The van der Waals surface area contributed by atoms with Gasteiger partial charge < -0.3 is 11.1 Å². The van der Waals surface area contributed by atoms with E-state index in [-0.39, 0.29) is 0 Å². The Kier molecular flexibility index (Phi) is 3.31. The number of nitrogens with zero attached hydrogens (tertiary/aromatic N) is 1. The van der Waals surface area contributed by atoms with Crippen molar-refractivity contribution < 1.29 is 0 Å². The number of hydrogen-bond acceptors (Lipinski definition) is 3. The molecule has 0 spiro atoms. The zero-order chi connectivity index (χ0) is 11.4. The lowest BCUT2D eigenvalue weighted by molar-refractivity contribution is 0.462. The molecule has 1 aliphatic carbocycles. The average molecular weight is 215 g/mol. The number of nitrogens with one attached hydrogen (secondary N) is 1. The summed E-state index contributed by atoms with van der Waals surface area (Å²) in [5.74, 6) is 0. The largest absolute Gasteiger partial charge is 0.399 e. The van der Waals surface area contributed by atoms with E-state index < -0.39 is 0 Å². The summed E-state index contributed by atoms with van der Waals surface area (Å²) in [4.78, 5) is 0. The molecule has 0 atom stereocenters. The third kappa shape index (κ3) is 2.46. The molecule has 3 nitrogen and oxygen atoms in total. The van der Waals surface area contributed by atoms with Crippen LogP contribution in [-0.4, -0.2) is 6.04 Å². The highest BCUT2D eigenvalue weighted by molar-refractivity contribution is 5.63. The Bertz CT molecular complexity index is 400. The highest BCUT2D eigenvalue weighted by Crippen LogP contribution is 2.24. The Morgan fingerprint density at radius 2 is 2.00 bits per heavy atom. The van der Waals surface area contributed by atoms with Crippen molar-refractivity contribution in [2.24, 2.45) is 0 Å². The van der Waals surface area contributed by atoms with Crippen LogP contribution in [0.4, 0.5) is 11.4 Å². The molecule has 84 valence electrons. The van der Waals surface area contributed by atoms with Gasteiger partial charge in [-0.3, -0.25) is 0 Å². The lowest BCUT2D eigenvalue weighted by Crippen LogP contribution is -2.22. The number of anilines is 2. The molecule has 0 aromatic heterocycles. The summed E-state index contributed by atoms with van der Waals surface area (Å²) in [6.45, 7) is 0. The van der Waals surface area contributed by atoms with Crippen LogP contribution in [0.15, 0.2) is 18.2 Å². The third-order valence-corrected chi connectivity index (χ3v) is 3.13. The molecule has 0 radical (unpaired) electrons. The van der Waals surface area contributed by atoms with Crippen LogP contribution in [-0.2, 0) is 0 Å². The lowest BCUT2D eigenvalue weighted by Gasteiger charge is -2.24. The van der Waals surface area contributed by atoms with Crippen molar-refractivity contribution in [3.63, 3.8) is 0 Å². The van der Waals surface area contributed by atoms with Gasteiger partial charge in [0.25, 0.3) is 0 Å². The zero-order valence-corrected chi connectivity index (χ0v) is 9.37. The van der Waals surface area contributed by atoms with E-state index in [9.17, 15) is 0 Å². The monoisotopic (exact) mass is 215 g/mol. The molecule has 0 aliphatic heterocycles. The first-order valence-electron chi connectivity index (χ1n) is 5.86. The van der Waals surface area contributed by atoms with Gasteiger partial charge in [0.1, 0.15) is 6.07 Å². The van der Waals surface area contributed by atoms with Gasteiger partial charge in [-0.25, -0.2) is 0 Å². The molecule has 0 amide bonds. The molecule has 0 saturated heterocycles. The molecule has 3 N–H and O–H groups in total.